The Hall–Kier alpha value is -0.820. The van der Waals surface area contributed by atoms with Crippen molar-refractivity contribution in [3.8, 4) is 0 Å². The fourth-order valence-corrected chi connectivity index (χ4v) is 0.630. The summed E-state index contributed by atoms with van der Waals surface area (Å²) in [5.74, 6) is -0.924. The number of carbonyl (C=O) groups excluding carboxylic acids is 1. The molecular formula is C8H14F3NO3. The number of halogens is 3. The summed E-state index contributed by atoms with van der Waals surface area (Å²) in [6.45, 7) is 3.81. The van der Waals surface area contributed by atoms with Crippen molar-refractivity contribution in [1.82, 2.24) is 0 Å². The molecule has 1 atom stereocenters. The van der Waals surface area contributed by atoms with Crippen molar-refractivity contribution in [1.29, 1.82) is 0 Å². The van der Waals surface area contributed by atoms with Crippen LogP contribution in [0, 0.1) is 0 Å². The zero-order valence-electron chi connectivity index (χ0n) is 8.72. The van der Waals surface area contributed by atoms with Gasteiger partial charge in [0.15, 0.2) is 0 Å². The van der Waals surface area contributed by atoms with E-state index in [9.17, 15) is 18.0 Å². The molecule has 0 aliphatic heterocycles. The van der Waals surface area contributed by atoms with Gasteiger partial charge in [0.2, 0.25) is 0 Å². The Kier molecular flexibility index (Phi) is 4.54. The highest BCUT2D eigenvalue weighted by Gasteiger charge is 2.32. The van der Waals surface area contributed by atoms with Crippen molar-refractivity contribution < 1.29 is 27.4 Å². The second-order valence-electron chi connectivity index (χ2n) is 3.90. The van der Waals surface area contributed by atoms with Gasteiger partial charge in [-0.3, -0.25) is 9.53 Å². The van der Waals surface area contributed by atoms with E-state index in [1.165, 1.54) is 0 Å². The van der Waals surface area contributed by atoms with Crippen LogP contribution in [0.15, 0.2) is 0 Å². The summed E-state index contributed by atoms with van der Waals surface area (Å²) >= 11 is 0. The molecule has 0 rings (SSSR count). The number of ether oxygens (including phenoxy) is 2. The first-order chi connectivity index (χ1) is 6.51. The average Bonchev–Trinajstić information content (AvgIpc) is 1.95. The number of rotatable bonds is 3. The first-order valence-corrected chi connectivity index (χ1v) is 4.20. The zero-order valence-corrected chi connectivity index (χ0v) is 8.72. The highest BCUT2D eigenvalue weighted by atomic mass is 19.4. The Labute approximate surface area is 85.5 Å². The molecule has 4 nitrogen and oxygen atoms in total. The van der Waals surface area contributed by atoms with Crippen LogP contribution < -0.4 is 5.73 Å². The molecule has 0 aromatic carbocycles. The molecule has 2 N–H and O–H groups in total. The Balaban J connectivity index is 4.01. The molecule has 0 amide bonds. The van der Waals surface area contributed by atoms with Crippen LogP contribution in [0.2, 0.25) is 0 Å². The molecule has 0 fully saturated rings. The van der Waals surface area contributed by atoms with Crippen LogP contribution in [0.5, 0.6) is 0 Å². The molecule has 0 unspecified atom stereocenters. The van der Waals surface area contributed by atoms with E-state index in [2.05, 4.69) is 4.74 Å². The lowest BCUT2D eigenvalue weighted by Gasteiger charge is -2.22. The molecule has 0 saturated carbocycles. The SMILES string of the molecule is CC(C)(C)OC(=O)[C@H](N)COC(F)(F)F. The number of esters is 1. The van der Waals surface area contributed by atoms with E-state index in [0.717, 1.165) is 0 Å². The molecule has 0 heterocycles. The van der Waals surface area contributed by atoms with Gasteiger partial charge in [-0.05, 0) is 20.8 Å². The minimum Gasteiger partial charge on any atom is -0.459 e. The standard InChI is InChI=1S/C8H14F3NO3/c1-7(2,3)15-6(13)5(12)4-14-8(9,10)11/h5H,4,12H2,1-3H3/t5-/m1/s1. The Morgan fingerprint density at radius 1 is 1.33 bits per heavy atom. The van der Waals surface area contributed by atoms with Gasteiger partial charge in [-0.25, -0.2) is 0 Å². The molecule has 0 saturated heterocycles. The van der Waals surface area contributed by atoms with Crippen molar-refractivity contribution in [2.75, 3.05) is 6.61 Å². The number of hydrogen-bond acceptors (Lipinski definition) is 4. The summed E-state index contributed by atoms with van der Waals surface area (Å²) in [7, 11) is 0. The molecule has 0 bridgehead atoms. The Morgan fingerprint density at radius 2 is 1.80 bits per heavy atom. The first kappa shape index (κ1) is 14.2. The number of nitrogens with two attached hydrogens (primary N) is 1. The third kappa shape index (κ3) is 8.19. The Morgan fingerprint density at radius 3 is 2.13 bits per heavy atom. The molecular weight excluding hydrogens is 215 g/mol. The maximum absolute atomic E-state index is 11.6. The lowest BCUT2D eigenvalue weighted by molar-refractivity contribution is -0.325. The lowest BCUT2D eigenvalue weighted by Crippen LogP contribution is -2.41. The van der Waals surface area contributed by atoms with Crippen molar-refractivity contribution in [3.05, 3.63) is 0 Å². The van der Waals surface area contributed by atoms with E-state index < -0.39 is 30.6 Å². The molecule has 0 aliphatic carbocycles. The number of alkyl halides is 3. The first-order valence-electron chi connectivity index (χ1n) is 4.20. The number of hydrogen-bond donors (Lipinski definition) is 1. The molecule has 0 radical (unpaired) electrons. The third-order valence-corrected chi connectivity index (χ3v) is 1.14. The van der Waals surface area contributed by atoms with Crippen LogP contribution in [0.25, 0.3) is 0 Å². The van der Waals surface area contributed by atoms with Gasteiger partial charge in [-0.15, -0.1) is 13.2 Å². The smallest absolute Gasteiger partial charge is 0.459 e. The molecule has 7 heteroatoms. The van der Waals surface area contributed by atoms with Gasteiger partial charge in [-0.2, -0.15) is 0 Å². The molecule has 0 aromatic rings. The van der Waals surface area contributed by atoms with E-state index in [1.54, 1.807) is 20.8 Å². The van der Waals surface area contributed by atoms with Gasteiger partial charge in [0.25, 0.3) is 0 Å². The molecule has 0 spiro atoms. The van der Waals surface area contributed by atoms with Gasteiger partial charge in [0.05, 0.1) is 6.61 Å². The largest absolute Gasteiger partial charge is 0.522 e. The van der Waals surface area contributed by atoms with Crippen molar-refractivity contribution in [3.63, 3.8) is 0 Å². The van der Waals surface area contributed by atoms with E-state index in [1.807, 2.05) is 0 Å². The van der Waals surface area contributed by atoms with Gasteiger partial charge in [0, 0.05) is 0 Å². The predicted molar refractivity (Wildman–Crippen MR) is 45.8 cm³/mol. The van der Waals surface area contributed by atoms with Crippen molar-refractivity contribution >= 4 is 5.97 Å². The summed E-state index contributed by atoms with van der Waals surface area (Å²) < 4.78 is 42.9. The molecule has 15 heavy (non-hydrogen) atoms. The second-order valence-corrected chi connectivity index (χ2v) is 3.90. The van der Waals surface area contributed by atoms with Crippen molar-refractivity contribution in [2.24, 2.45) is 5.73 Å². The van der Waals surface area contributed by atoms with Crippen LogP contribution in [-0.4, -0.2) is 30.6 Å². The average molecular weight is 229 g/mol. The minimum atomic E-state index is -4.79. The molecule has 0 aliphatic rings. The van der Waals surface area contributed by atoms with Crippen molar-refractivity contribution in [2.45, 2.75) is 38.8 Å². The van der Waals surface area contributed by atoms with Gasteiger partial charge in [-0.1, -0.05) is 0 Å². The fourth-order valence-electron chi connectivity index (χ4n) is 0.630. The highest BCUT2D eigenvalue weighted by Crippen LogP contribution is 2.16. The van der Waals surface area contributed by atoms with Crippen LogP contribution in [-0.2, 0) is 14.3 Å². The van der Waals surface area contributed by atoms with Gasteiger partial charge >= 0.3 is 12.3 Å². The van der Waals surface area contributed by atoms with Gasteiger partial charge in [0.1, 0.15) is 11.6 Å². The van der Waals surface area contributed by atoms with E-state index in [-0.39, 0.29) is 0 Å². The summed E-state index contributed by atoms with van der Waals surface area (Å²) in [4.78, 5) is 11.1. The summed E-state index contributed by atoms with van der Waals surface area (Å²) in [6, 6.07) is -1.44. The van der Waals surface area contributed by atoms with E-state index >= 15 is 0 Å². The topological polar surface area (TPSA) is 61.5 Å². The quantitative estimate of drug-likeness (QED) is 0.738. The molecule has 0 aromatic heterocycles. The summed E-state index contributed by atoms with van der Waals surface area (Å²) in [5, 5.41) is 0. The third-order valence-electron chi connectivity index (χ3n) is 1.14. The summed E-state index contributed by atoms with van der Waals surface area (Å²) in [6.07, 6.45) is -4.79. The Bertz CT molecular complexity index is 222. The maximum atomic E-state index is 11.6. The highest BCUT2D eigenvalue weighted by molar-refractivity contribution is 5.76. The van der Waals surface area contributed by atoms with Crippen LogP contribution in [0.3, 0.4) is 0 Å². The summed E-state index contributed by atoms with van der Waals surface area (Å²) in [5.41, 5.74) is 4.35. The minimum absolute atomic E-state index is 0.785. The number of carbonyl (C=O) groups is 1. The normalized spacial score (nSPS) is 14.9. The van der Waals surface area contributed by atoms with Crippen LogP contribution in [0.1, 0.15) is 20.8 Å². The van der Waals surface area contributed by atoms with Crippen LogP contribution in [0.4, 0.5) is 13.2 Å². The lowest BCUT2D eigenvalue weighted by atomic mass is 10.2. The zero-order chi connectivity index (χ0) is 12.3. The van der Waals surface area contributed by atoms with E-state index in [0.29, 0.717) is 0 Å². The maximum Gasteiger partial charge on any atom is 0.522 e. The fraction of sp³-hybridized carbons (Fsp3) is 0.875. The second kappa shape index (κ2) is 4.80. The monoisotopic (exact) mass is 229 g/mol. The van der Waals surface area contributed by atoms with E-state index in [4.69, 9.17) is 10.5 Å². The van der Waals surface area contributed by atoms with Gasteiger partial charge < -0.3 is 10.5 Å². The predicted octanol–water partition coefficient (Wildman–Crippen LogP) is 1.19. The molecule has 90 valence electrons. The van der Waals surface area contributed by atoms with Crippen LogP contribution >= 0.6 is 0 Å².